The zero-order chi connectivity index (χ0) is 12.4. The van der Waals surface area contributed by atoms with Crippen molar-refractivity contribution in [1.82, 2.24) is 15.0 Å². The highest BCUT2D eigenvalue weighted by Crippen LogP contribution is 2.24. The molecule has 3 aromatic rings. The molecule has 0 unspecified atom stereocenters. The molecule has 88 valence electrons. The maximum Gasteiger partial charge on any atom is 0.162 e. The minimum absolute atomic E-state index is 0.629. The van der Waals surface area contributed by atoms with Gasteiger partial charge in [0.15, 0.2) is 5.82 Å². The van der Waals surface area contributed by atoms with Crippen molar-refractivity contribution >= 4 is 16.7 Å². The summed E-state index contributed by atoms with van der Waals surface area (Å²) in [6.07, 6.45) is 3.44. The molecule has 0 aliphatic rings. The molecule has 5 nitrogen and oxygen atoms in total. The lowest BCUT2D eigenvalue weighted by Gasteiger charge is -2.07. The van der Waals surface area contributed by atoms with E-state index in [1.807, 2.05) is 36.4 Å². The predicted molar refractivity (Wildman–Crippen MR) is 70.6 cm³/mol. The lowest BCUT2D eigenvalue weighted by molar-refractivity contribution is 1.20. The third-order valence-corrected chi connectivity index (χ3v) is 2.68. The smallest absolute Gasteiger partial charge is 0.162 e. The Bertz CT molecular complexity index is 696. The van der Waals surface area contributed by atoms with Crippen molar-refractivity contribution in [3.63, 3.8) is 0 Å². The van der Waals surface area contributed by atoms with Crippen molar-refractivity contribution in [2.75, 3.05) is 5.43 Å². The summed E-state index contributed by atoms with van der Waals surface area (Å²) in [5.74, 6) is 6.11. The number of pyridine rings is 1. The minimum atomic E-state index is 0.629. The molecule has 18 heavy (non-hydrogen) atoms. The van der Waals surface area contributed by atoms with Crippen molar-refractivity contribution < 1.29 is 0 Å². The van der Waals surface area contributed by atoms with Crippen LogP contribution in [0.15, 0.2) is 48.8 Å². The number of nitrogens with one attached hydrogen (secondary N) is 1. The Morgan fingerprint density at radius 2 is 1.83 bits per heavy atom. The first kappa shape index (κ1) is 10.6. The normalized spacial score (nSPS) is 10.5. The molecule has 2 aromatic heterocycles. The fourth-order valence-corrected chi connectivity index (χ4v) is 1.80. The Morgan fingerprint density at radius 1 is 0.944 bits per heavy atom. The van der Waals surface area contributed by atoms with E-state index in [-0.39, 0.29) is 0 Å². The fourth-order valence-electron chi connectivity index (χ4n) is 1.80. The van der Waals surface area contributed by atoms with Crippen LogP contribution in [0.25, 0.3) is 22.4 Å². The van der Waals surface area contributed by atoms with Crippen molar-refractivity contribution in [2.24, 2.45) is 5.84 Å². The molecule has 0 spiro atoms. The van der Waals surface area contributed by atoms with Crippen LogP contribution in [0.5, 0.6) is 0 Å². The number of hydrazine groups is 1. The van der Waals surface area contributed by atoms with Crippen LogP contribution in [0.4, 0.5) is 5.69 Å². The van der Waals surface area contributed by atoms with E-state index in [0.29, 0.717) is 5.82 Å². The maximum absolute atomic E-state index is 5.48. The Morgan fingerprint density at radius 3 is 2.72 bits per heavy atom. The summed E-state index contributed by atoms with van der Waals surface area (Å²) in [7, 11) is 0. The molecule has 0 saturated carbocycles. The van der Waals surface area contributed by atoms with Crippen LogP contribution in [-0.4, -0.2) is 15.0 Å². The topological polar surface area (TPSA) is 76.7 Å². The molecule has 0 fully saturated rings. The zero-order valence-electron chi connectivity index (χ0n) is 9.54. The monoisotopic (exact) mass is 237 g/mol. The largest absolute Gasteiger partial charge is 0.323 e. The van der Waals surface area contributed by atoms with Gasteiger partial charge in [0.25, 0.3) is 0 Å². The zero-order valence-corrected chi connectivity index (χ0v) is 9.54. The number of nitrogens with zero attached hydrogens (tertiary/aromatic N) is 3. The number of hydrogen-bond acceptors (Lipinski definition) is 5. The van der Waals surface area contributed by atoms with E-state index in [4.69, 9.17) is 5.84 Å². The molecule has 0 aliphatic heterocycles. The molecule has 0 bridgehead atoms. The first-order valence-corrected chi connectivity index (χ1v) is 5.52. The van der Waals surface area contributed by atoms with E-state index in [1.54, 1.807) is 12.4 Å². The van der Waals surface area contributed by atoms with Gasteiger partial charge in [-0.05, 0) is 24.3 Å². The van der Waals surface area contributed by atoms with E-state index < -0.39 is 0 Å². The quantitative estimate of drug-likeness (QED) is 0.526. The Balaban J connectivity index is 2.19. The van der Waals surface area contributed by atoms with Crippen LogP contribution in [0.2, 0.25) is 0 Å². The summed E-state index contributed by atoms with van der Waals surface area (Å²) in [5, 5.41) is 0. The van der Waals surface area contributed by atoms with Gasteiger partial charge in [0.05, 0.1) is 17.4 Å². The standard InChI is InChI=1S/C13H11N5/c14-18-10-5-2-1-4-9(10)13-16-8-12-11(17-13)6-3-7-15-12/h1-8,18H,14H2. The summed E-state index contributed by atoms with van der Waals surface area (Å²) >= 11 is 0. The van der Waals surface area contributed by atoms with Gasteiger partial charge in [0.2, 0.25) is 0 Å². The van der Waals surface area contributed by atoms with Gasteiger partial charge < -0.3 is 5.43 Å². The third kappa shape index (κ3) is 1.76. The van der Waals surface area contributed by atoms with Crippen LogP contribution in [0.1, 0.15) is 0 Å². The van der Waals surface area contributed by atoms with Gasteiger partial charge >= 0.3 is 0 Å². The molecule has 0 amide bonds. The molecular weight excluding hydrogens is 226 g/mol. The fraction of sp³-hybridized carbons (Fsp3) is 0. The highest BCUT2D eigenvalue weighted by Gasteiger charge is 2.07. The van der Waals surface area contributed by atoms with Crippen molar-refractivity contribution in [2.45, 2.75) is 0 Å². The second-order valence-electron chi connectivity index (χ2n) is 3.79. The minimum Gasteiger partial charge on any atom is -0.323 e. The van der Waals surface area contributed by atoms with Gasteiger partial charge in [-0.1, -0.05) is 12.1 Å². The van der Waals surface area contributed by atoms with E-state index in [1.165, 1.54) is 0 Å². The number of aromatic nitrogens is 3. The van der Waals surface area contributed by atoms with Gasteiger partial charge in [-0.2, -0.15) is 0 Å². The lowest BCUT2D eigenvalue weighted by Crippen LogP contribution is -2.08. The van der Waals surface area contributed by atoms with Crippen molar-refractivity contribution in [3.05, 3.63) is 48.8 Å². The first-order chi connectivity index (χ1) is 8.88. The van der Waals surface area contributed by atoms with Gasteiger partial charge in [0, 0.05) is 11.8 Å². The van der Waals surface area contributed by atoms with Crippen LogP contribution in [0.3, 0.4) is 0 Å². The highest BCUT2D eigenvalue weighted by atomic mass is 15.2. The SMILES string of the molecule is NNc1ccccc1-c1ncc2ncccc2n1. The molecule has 0 saturated heterocycles. The van der Waals surface area contributed by atoms with Gasteiger partial charge in [-0.3, -0.25) is 10.8 Å². The number of benzene rings is 1. The van der Waals surface area contributed by atoms with Crippen LogP contribution >= 0.6 is 0 Å². The van der Waals surface area contributed by atoms with Gasteiger partial charge in [-0.25, -0.2) is 9.97 Å². The molecule has 1 aromatic carbocycles. The van der Waals surface area contributed by atoms with E-state index in [2.05, 4.69) is 20.4 Å². The molecule has 3 N–H and O–H groups in total. The molecule has 0 atom stereocenters. The molecule has 2 heterocycles. The number of hydrogen-bond donors (Lipinski definition) is 2. The van der Waals surface area contributed by atoms with Crippen molar-refractivity contribution in [1.29, 1.82) is 0 Å². The van der Waals surface area contributed by atoms with Crippen LogP contribution in [-0.2, 0) is 0 Å². The number of rotatable bonds is 2. The number of nitrogens with two attached hydrogens (primary N) is 1. The van der Waals surface area contributed by atoms with Crippen LogP contribution in [0, 0.1) is 0 Å². The molecule has 3 rings (SSSR count). The number of anilines is 1. The average Bonchev–Trinajstić information content (AvgIpc) is 2.46. The molecule has 5 heteroatoms. The Kier molecular flexibility index (Phi) is 2.59. The van der Waals surface area contributed by atoms with Gasteiger partial charge in [0.1, 0.15) is 5.52 Å². The Labute approximate surface area is 104 Å². The van der Waals surface area contributed by atoms with Gasteiger partial charge in [-0.15, -0.1) is 0 Å². The Hall–Kier alpha value is -2.53. The second kappa shape index (κ2) is 4.38. The molecule has 0 radical (unpaired) electrons. The molecule has 0 aliphatic carbocycles. The van der Waals surface area contributed by atoms with Crippen LogP contribution < -0.4 is 11.3 Å². The van der Waals surface area contributed by atoms with Crippen molar-refractivity contribution in [3.8, 4) is 11.4 Å². The highest BCUT2D eigenvalue weighted by molar-refractivity contribution is 5.79. The van der Waals surface area contributed by atoms with E-state index in [9.17, 15) is 0 Å². The summed E-state index contributed by atoms with van der Waals surface area (Å²) in [6, 6.07) is 11.4. The second-order valence-corrected chi connectivity index (χ2v) is 3.79. The number of para-hydroxylation sites is 1. The summed E-state index contributed by atoms with van der Waals surface area (Å²) < 4.78 is 0. The predicted octanol–water partition coefficient (Wildman–Crippen LogP) is 1.98. The number of nitrogen functional groups attached to an aromatic ring is 1. The molecular formula is C13H11N5. The van der Waals surface area contributed by atoms with E-state index >= 15 is 0 Å². The van der Waals surface area contributed by atoms with E-state index in [0.717, 1.165) is 22.3 Å². The average molecular weight is 237 g/mol. The maximum atomic E-state index is 5.48. The summed E-state index contributed by atoms with van der Waals surface area (Å²) in [4.78, 5) is 13.0. The third-order valence-electron chi connectivity index (χ3n) is 2.68. The summed E-state index contributed by atoms with van der Waals surface area (Å²) in [6.45, 7) is 0. The summed E-state index contributed by atoms with van der Waals surface area (Å²) in [5.41, 5.74) is 5.90. The first-order valence-electron chi connectivity index (χ1n) is 5.52. The lowest BCUT2D eigenvalue weighted by atomic mass is 10.1. The number of fused-ring (bicyclic) bond motifs is 1.